The number of hydrogen-bond acceptors (Lipinski definition) is 3. The summed E-state index contributed by atoms with van der Waals surface area (Å²) < 4.78 is 0. The van der Waals surface area contributed by atoms with Crippen LogP contribution in [-0.4, -0.2) is 11.7 Å². The molecule has 2 aromatic rings. The molecule has 4 nitrogen and oxygen atoms in total. The highest BCUT2D eigenvalue weighted by Crippen LogP contribution is 2.74. The molecule has 4 heteroatoms. The number of rotatable bonds is 4. The van der Waals surface area contributed by atoms with E-state index in [4.69, 9.17) is 5.73 Å². The van der Waals surface area contributed by atoms with Crippen molar-refractivity contribution < 1.29 is 9.59 Å². The molecule has 0 bridgehead atoms. The minimum atomic E-state index is -1.51. The second-order valence-electron chi connectivity index (χ2n) is 6.03. The summed E-state index contributed by atoms with van der Waals surface area (Å²) in [7, 11) is 0. The predicted molar refractivity (Wildman–Crippen MR) is 85.3 cm³/mol. The average Bonchev–Trinajstić information content (AvgIpc) is 3.17. The van der Waals surface area contributed by atoms with Gasteiger partial charge in [0.2, 0.25) is 5.91 Å². The zero-order chi connectivity index (χ0) is 16.7. The monoisotopic (exact) mass is 304 g/mol. The lowest BCUT2D eigenvalue weighted by Gasteiger charge is -2.12. The lowest BCUT2D eigenvalue weighted by Crippen LogP contribution is -2.32. The quantitative estimate of drug-likeness (QED) is 0.881. The molecule has 0 heterocycles. The van der Waals surface area contributed by atoms with Crippen molar-refractivity contribution in [2.75, 3.05) is 0 Å². The molecule has 0 aliphatic heterocycles. The predicted octanol–water partition coefficient (Wildman–Crippen LogP) is 2.67. The molecule has 0 radical (unpaired) electrons. The van der Waals surface area contributed by atoms with Gasteiger partial charge in [-0.3, -0.25) is 9.59 Å². The normalized spacial score (nSPS) is 28.6. The van der Waals surface area contributed by atoms with Gasteiger partial charge in [-0.25, -0.2) is 0 Å². The van der Waals surface area contributed by atoms with Gasteiger partial charge in [-0.1, -0.05) is 60.7 Å². The Hall–Kier alpha value is -2.93. The maximum atomic E-state index is 13.0. The van der Waals surface area contributed by atoms with Gasteiger partial charge in [0.05, 0.1) is 11.5 Å². The molecule has 1 aliphatic carbocycles. The van der Waals surface area contributed by atoms with Crippen molar-refractivity contribution >= 4 is 11.7 Å². The van der Waals surface area contributed by atoms with Crippen molar-refractivity contribution in [2.24, 2.45) is 16.6 Å². The number of carbonyl (C=O) groups excluding carboxylic acids is 2. The Morgan fingerprint density at radius 3 is 2.04 bits per heavy atom. The minimum Gasteiger partial charge on any atom is -0.368 e. The average molecular weight is 304 g/mol. The van der Waals surface area contributed by atoms with Gasteiger partial charge < -0.3 is 5.73 Å². The summed E-state index contributed by atoms with van der Waals surface area (Å²) in [4.78, 5) is 25.1. The third kappa shape index (κ3) is 1.83. The van der Waals surface area contributed by atoms with Crippen LogP contribution < -0.4 is 5.73 Å². The van der Waals surface area contributed by atoms with Crippen molar-refractivity contribution in [1.29, 1.82) is 5.26 Å². The van der Waals surface area contributed by atoms with Crippen LogP contribution in [0, 0.1) is 22.2 Å². The maximum absolute atomic E-state index is 13.0. The fraction of sp³-hybridized carbons (Fsp3) is 0.211. The summed E-state index contributed by atoms with van der Waals surface area (Å²) in [6.07, 6.45) is 0. The van der Waals surface area contributed by atoms with Gasteiger partial charge in [-0.2, -0.15) is 5.26 Å². The maximum Gasteiger partial charge on any atom is 0.239 e. The van der Waals surface area contributed by atoms with Crippen LogP contribution in [0.2, 0.25) is 0 Å². The first-order valence-electron chi connectivity index (χ1n) is 7.36. The number of nitrogens with zero attached hydrogens (tertiary/aromatic N) is 1. The molecular formula is C19H16N2O2. The number of benzene rings is 2. The van der Waals surface area contributed by atoms with Crippen molar-refractivity contribution in [3.05, 3.63) is 71.8 Å². The van der Waals surface area contributed by atoms with Crippen LogP contribution in [0.4, 0.5) is 0 Å². The Morgan fingerprint density at radius 2 is 1.57 bits per heavy atom. The molecule has 1 aliphatic rings. The van der Waals surface area contributed by atoms with E-state index in [2.05, 4.69) is 0 Å². The molecular weight excluding hydrogens is 288 g/mol. The fourth-order valence-corrected chi connectivity index (χ4v) is 3.68. The van der Waals surface area contributed by atoms with Crippen LogP contribution >= 0.6 is 0 Å². The fourth-order valence-electron chi connectivity index (χ4n) is 3.68. The van der Waals surface area contributed by atoms with E-state index < -0.39 is 22.7 Å². The van der Waals surface area contributed by atoms with Crippen LogP contribution in [0.25, 0.3) is 0 Å². The second kappa shape index (κ2) is 5.06. The zero-order valence-electron chi connectivity index (χ0n) is 12.7. The van der Waals surface area contributed by atoms with E-state index in [1.54, 1.807) is 31.2 Å². The van der Waals surface area contributed by atoms with E-state index in [1.807, 2.05) is 42.5 Å². The molecule has 0 saturated heterocycles. The smallest absolute Gasteiger partial charge is 0.239 e. The highest BCUT2D eigenvalue weighted by molar-refractivity contribution is 6.11. The molecule has 3 atom stereocenters. The molecule has 2 N–H and O–H groups in total. The van der Waals surface area contributed by atoms with Gasteiger partial charge >= 0.3 is 0 Å². The Balaban J connectivity index is 2.14. The molecule has 3 rings (SSSR count). The molecule has 0 unspecified atom stereocenters. The Bertz CT molecular complexity index is 810. The van der Waals surface area contributed by atoms with Gasteiger partial charge in [0, 0.05) is 11.5 Å². The molecule has 114 valence electrons. The third-order valence-electron chi connectivity index (χ3n) is 4.95. The Morgan fingerprint density at radius 1 is 1.04 bits per heavy atom. The first-order valence-corrected chi connectivity index (χ1v) is 7.36. The molecule has 0 aromatic heterocycles. The van der Waals surface area contributed by atoms with Crippen molar-refractivity contribution in [3.63, 3.8) is 0 Å². The van der Waals surface area contributed by atoms with Crippen molar-refractivity contribution in [2.45, 2.75) is 12.8 Å². The summed E-state index contributed by atoms with van der Waals surface area (Å²) >= 11 is 0. The first kappa shape index (κ1) is 15.0. The highest BCUT2D eigenvalue weighted by atomic mass is 16.2. The van der Waals surface area contributed by atoms with E-state index in [1.165, 1.54) is 0 Å². The van der Waals surface area contributed by atoms with E-state index in [9.17, 15) is 14.9 Å². The standard InChI is InChI=1S/C19H16N2O2/c1-18(16(22)14-10-6-3-7-11-14)15(13-8-4-2-5-9-13)19(18,12-20)17(21)23/h2-11,15H,1H3,(H2,21,23)/t15-,18-,19-/m1/s1. The number of amides is 1. The van der Waals surface area contributed by atoms with E-state index in [0.717, 1.165) is 5.56 Å². The molecule has 23 heavy (non-hydrogen) atoms. The van der Waals surface area contributed by atoms with Crippen LogP contribution in [-0.2, 0) is 4.79 Å². The molecule has 1 fully saturated rings. The summed E-state index contributed by atoms with van der Waals surface area (Å²) in [5.41, 5.74) is 4.14. The zero-order valence-corrected chi connectivity index (χ0v) is 12.7. The van der Waals surface area contributed by atoms with Crippen LogP contribution in [0.15, 0.2) is 60.7 Å². The number of hydrogen-bond donors (Lipinski definition) is 1. The highest BCUT2D eigenvalue weighted by Gasteiger charge is 2.82. The van der Waals surface area contributed by atoms with Crippen molar-refractivity contribution in [3.8, 4) is 6.07 Å². The summed E-state index contributed by atoms with van der Waals surface area (Å²) in [5, 5.41) is 9.69. The topological polar surface area (TPSA) is 83.9 Å². The van der Waals surface area contributed by atoms with E-state index >= 15 is 0 Å². The number of primary amides is 1. The number of ketones is 1. The largest absolute Gasteiger partial charge is 0.368 e. The third-order valence-corrected chi connectivity index (χ3v) is 4.95. The second-order valence-corrected chi connectivity index (χ2v) is 6.03. The van der Waals surface area contributed by atoms with E-state index in [0.29, 0.717) is 5.56 Å². The summed E-state index contributed by atoms with van der Waals surface area (Å²) in [6, 6.07) is 19.9. The van der Waals surface area contributed by atoms with Crippen LogP contribution in [0.3, 0.4) is 0 Å². The molecule has 1 amide bonds. The molecule has 2 aromatic carbocycles. The van der Waals surface area contributed by atoms with Gasteiger partial charge in [0.15, 0.2) is 11.2 Å². The Kier molecular flexibility index (Phi) is 3.30. The lowest BCUT2D eigenvalue weighted by atomic mass is 9.87. The first-order chi connectivity index (χ1) is 11.0. The number of Topliss-reactive ketones (excluding diaryl/α,β-unsaturated/α-hetero) is 1. The Labute approximate surface area is 134 Å². The SMILES string of the molecule is C[C@]1(C(=O)c2ccccc2)[C@@H](c2ccccc2)[C@]1(C#N)C(N)=O. The number of nitrogens with two attached hydrogens (primary N) is 1. The van der Waals surface area contributed by atoms with Crippen LogP contribution in [0.1, 0.15) is 28.8 Å². The van der Waals surface area contributed by atoms with E-state index in [-0.39, 0.29) is 5.78 Å². The lowest BCUT2D eigenvalue weighted by molar-refractivity contribution is -0.122. The number of carbonyl (C=O) groups is 2. The van der Waals surface area contributed by atoms with Crippen molar-refractivity contribution in [1.82, 2.24) is 0 Å². The molecule has 0 spiro atoms. The summed E-state index contributed by atoms with van der Waals surface area (Å²) in [5.74, 6) is -1.51. The van der Waals surface area contributed by atoms with Gasteiger partial charge in [0.1, 0.15) is 0 Å². The minimum absolute atomic E-state index is 0.229. The van der Waals surface area contributed by atoms with Gasteiger partial charge in [0.25, 0.3) is 0 Å². The van der Waals surface area contributed by atoms with Crippen LogP contribution in [0.5, 0.6) is 0 Å². The summed E-state index contributed by atoms with van der Waals surface area (Å²) in [6.45, 7) is 1.66. The van der Waals surface area contributed by atoms with Gasteiger partial charge in [-0.05, 0) is 12.5 Å². The molecule has 1 saturated carbocycles. The van der Waals surface area contributed by atoms with Gasteiger partial charge in [-0.15, -0.1) is 0 Å². The number of nitriles is 1.